The van der Waals surface area contributed by atoms with Crippen molar-refractivity contribution in [3.8, 4) is 0 Å². The number of carbonyl (C=O) groups is 1. The topological polar surface area (TPSA) is 66.5 Å². The average molecular weight is 437 g/mol. The van der Waals surface area contributed by atoms with E-state index in [0.717, 1.165) is 16.7 Å². The van der Waals surface area contributed by atoms with E-state index in [9.17, 15) is 13.2 Å². The monoisotopic (exact) mass is 436 g/mol. The molecule has 0 saturated carbocycles. The molecule has 26 heavy (non-hydrogen) atoms. The van der Waals surface area contributed by atoms with Crippen molar-refractivity contribution in [1.29, 1.82) is 0 Å². The van der Waals surface area contributed by atoms with Crippen LogP contribution in [0.15, 0.2) is 45.8 Å². The van der Waals surface area contributed by atoms with E-state index in [-0.39, 0.29) is 23.4 Å². The molecule has 1 heterocycles. The van der Waals surface area contributed by atoms with Gasteiger partial charge < -0.3 is 4.90 Å². The van der Waals surface area contributed by atoms with Crippen LogP contribution in [0, 0.1) is 6.92 Å². The maximum Gasteiger partial charge on any atom is 0.242 e. The number of sulfonamides is 1. The minimum atomic E-state index is -3.78. The summed E-state index contributed by atoms with van der Waals surface area (Å²) in [6.07, 6.45) is 0.634. The van der Waals surface area contributed by atoms with Gasteiger partial charge in [0.2, 0.25) is 15.9 Å². The van der Waals surface area contributed by atoms with Crippen molar-refractivity contribution in [1.82, 2.24) is 4.72 Å². The second-order valence-electron chi connectivity index (χ2n) is 6.66. The highest BCUT2D eigenvalue weighted by molar-refractivity contribution is 9.10. The largest absolute Gasteiger partial charge is 0.308 e. The average Bonchev–Trinajstić information content (AvgIpc) is 2.89. The van der Waals surface area contributed by atoms with Crippen LogP contribution in [-0.4, -0.2) is 20.4 Å². The second kappa shape index (κ2) is 7.13. The van der Waals surface area contributed by atoms with Crippen LogP contribution in [0.1, 0.15) is 30.5 Å². The van der Waals surface area contributed by atoms with Crippen molar-refractivity contribution in [3.63, 3.8) is 0 Å². The normalized spacial score (nSPS) is 16.6. The zero-order valence-electron chi connectivity index (χ0n) is 14.9. The highest BCUT2D eigenvalue weighted by Gasteiger charge is 2.35. The van der Waals surface area contributed by atoms with Gasteiger partial charge in [0.15, 0.2) is 0 Å². The van der Waals surface area contributed by atoms with Gasteiger partial charge in [-0.05, 0) is 43.5 Å². The first-order valence-corrected chi connectivity index (χ1v) is 10.6. The summed E-state index contributed by atoms with van der Waals surface area (Å²) < 4.78 is 29.3. The second-order valence-corrected chi connectivity index (χ2v) is 9.32. The van der Waals surface area contributed by atoms with Crippen LogP contribution in [0.25, 0.3) is 0 Å². The van der Waals surface area contributed by atoms with Crippen LogP contribution in [0.4, 0.5) is 5.69 Å². The van der Waals surface area contributed by atoms with Gasteiger partial charge in [-0.15, -0.1) is 0 Å². The summed E-state index contributed by atoms with van der Waals surface area (Å²) in [7, 11) is -3.78. The summed E-state index contributed by atoms with van der Waals surface area (Å²) in [5.74, 6) is -0.159. The van der Waals surface area contributed by atoms with Gasteiger partial charge in [0, 0.05) is 24.0 Å². The van der Waals surface area contributed by atoms with E-state index in [1.807, 2.05) is 44.2 Å². The number of amides is 1. The third-order valence-corrected chi connectivity index (χ3v) is 6.40. The Bertz CT molecular complexity index is 955. The molecule has 0 radical (unpaired) electrons. The number of nitrogens with zero attached hydrogens (tertiary/aromatic N) is 1. The van der Waals surface area contributed by atoms with Gasteiger partial charge in [0.05, 0.1) is 5.69 Å². The lowest BCUT2D eigenvalue weighted by atomic mass is 10.1. The lowest BCUT2D eigenvalue weighted by molar-refractivity contribution is -0.116. The molecule has 0 unspecified atom stereocenters. The summed E-state index contributed by atoms with van der Waals surface area (Å²) in [5, 5.41) is 0. The summed E-state index contributed by atoms with van der Waals surface area (Å²) in [5.41, 5.74) is 3.34. The minimum Gasteiger partial charge on any atom is -0.308 e. The Labute approximate surface area is 162 Å². The molecule has 138 valence electrons. The van der Waals surface area contributed by atoms with Gasteiger partial charge in [-0.25, -0.2) is 13.1 Å². The number of hydrogen-bond acceptors (Lipinski definition) is 3. The Morgan fingerprint density at radius 3 is 2.54 bits per heavy atom. The molecule has 1 aliphatic rings. The SMILES string of the molecule is CC(=O)N1c2c(cc(Br)cc2S(=O)(=O)NCc2ccc(C)cc2)C[C@@H]1C. The number of anilines is 1. The van der Waals surface area contributed by atoms with Crippen molar-refractivity contribution in [3.05, 3.63) is 57.6 Å². The van der Waals surface area contributed by atoms with Crippen LogP contribution < -0.4 is 9.62 Å². The maximum atomic E-state index is 13.0. The molecule has 2 aromatic rings. The fourth-order valence-corrected chi connectivity index (χ4v) is 5.26. The lowest BCUT2D eigenvalue weighted by Gasteiger charge is -2.23. The molecule has 5 nitrogen and oxygen atoms in total. The first kappa shape index (κ1) is 19.1. The number of rotatable bonds is 4. The van der Waals surface area contributed by atoms with Crippen molar-refractivity contribution >= 4 is 37.5 Å². The lowest BCUT2D eigenvalue weighted by Crippen LogP contribution is -2.35. The Morgan fingerprint density at radius 1 is 1.27 bits per heavy atom. The molecule has 1 aliphatic heterocycles. The molecular formula is C19H21BrN2O3S. The standard InChI is InChI=1S/C19H21BrN2O3S/c1-12-4-6-15(7-5-12)11-21-26(24,25)18-10-17(20)9-16-8-13(2)22(14(3)23)19(16)18/h4-7,9-10,13,21H,8,11H2,1-3H3/t13-/m0/s1. The Balaban J connectivity index is 1.98. The molecule has 0 saturated heterocycles. The van der Waals surface area contributed by atoms with Crippen molar-refractivity contribution in [2.45, 2.75) is 44.7 Å². The molecule has 7 heteroatoms. The van der Waals surface area contributed by atoms with Crippen molar-refractivity contribution < 1.29 is 13.2 Å². The molecule has 0 spiro atoms. The van der Waals surface area contributed by atoms with E-state index in [4.69, 9.17) is 0 Å². The molecule has 0 aromatic heterocycles. The number of carbonyl (C=O) groups excluding carboxylic acids is 1. The molecule has 0 aliphatic carbocycles. The molecule has 1 atom stereocenters. The number of aryl methyl sites for hydroxylation is 1. The quantitative estimate of drug-likeness (QED) is 0.796. The third kappa shape index (κ3) is 3.70. The van der Waals surface area contributed by atoms with E-state index >= 15 is 0 Å². The summed E-state index contributed by atoms with van der Waals surface area (Å²) in [6.45, 7) is 5.56. The number of hydrogen-bond donors (Lipinski definition) is 1. The molecule has 0 bridgehead atoms. The van der Waals surface area contributed by atoms with Gasteiger partial charge in [-0.3, -0.25) is 4.79 Å². The fraction of sp³-hybridized carbons (Fsp3) is 0.316. The predicted molar refractivity (Wildman–Crippen MR) is 106 cm³/mol. The molecule has 1 N–H and O–H groups in total. The zero-order chi connectivity index (χ0) is 19.1. The molecule has 3 rings (SSSR count). The van der Waals surface area contributed by atoms with Crippen molar-refractivity contribution in [2.24, 2.45) is 0 Å². The maximum absolute atomic E-state index is 13.0. The first-order valence-electron chi connectivity index (χ1n) is 8.36. The number of fused-ring (bicyclic) bond motifs is 1. The highest BCUT2D eigenvalue weighted by Crippen LogP contribution is 2.40. The number of benzene rings is 2. The van der Waals surface area contributed by atoms with Crippen LogP contribution in [0.2, 0.25) is 0 Å². The van der Waals surface area contributed by atoms with Gasteiger partial charge in [-0.1, -0.05) is 45.8 Å². The van der Waals surface area contributed by atoms with E-state index in [1.165, 1.54) is 6.92 Å². The third-order valence-electron chi connectivity index (χ3n) is 4.53. The Kier molecular flexibility index (Phi) is 5.23. The van der Waals surface area contributed by atoms with Gasteiger partial charge in [0.25, 0.3) is 0 Å². The molecular weight excluding hydrogens is 416 g/mol. The Hall–Kier alpha value is -1.70. The smallest absolute Gasteiger partial charge is 0.242 e. The van der Waals surface area contributed by atoms with E-state index < -0.39 is 10.0 Å². The van der Waals surface area contributed by atoms with E-state index in [1.54, 1.807) is 11.0 Å². The summed E-state index contributed by atoms with van der Waals surface area (Å²) >= 11 is 3.39. The van der Waals surface area contributed by atoms with Gasteiger partial charge >= 0.3 is 0 Å². The zero-order valence-corrected chi connectivity index (χ0v) is 17.3. The van der Waals surface area contributed by atoms with Crippen LogP contribution >= 0.6 is 15.9 Å². The summed E-state index contributed by atoms with van der Waals surface area (Å²) in [4.78, 5) is 13.8. The van der Waals surface area contributed by atoms with Crippen molar-refractivity contribution in [2.75, 3.05) is 4.90 Å². The molecule has 2 aromatic carbocycles. The van der Waals surface area contributed by atoms with Crippen LogP contribution in [0.3, 0.4) is 0 Å². The fourth-order valence-electron chi connectivity index (χ4n) is 3.32. The first-order chi connectivity index (χ1) is 12.2. The molecule has 1 amide bonds. The van der Waals surface area contributed by atoms with Gasteiger partial charge in [0.1, 0.15) is 4.90 Å². The van der Waals surface area contributed by atoms with Crippen LogP contribution in [0.5, 0.6) is 0 Å². The Morgan fingerprint density at radius 2 is 1.92 bits per heavy atom. The predicted octanol–water partition coefficient (Wildman–Crippen LogP) is 3.53. The minimum absolute atomic E-state index is 0.0668. The van der Waals surface area contributed by atoms with Crippen LogP contribution in [-0.2, 0) is 27.8 Å². The van der Waals surface area contributed by atoms with Gasteiger partial charge in [-0.2, -0.15) is 0 Å². The summed E-state index contributed by atoms with van der Waals surface area (Å²) in [6, 6.07) is 11.1. The van der Waals surface area contributed by atoms with E-state index in [2.05, 4.69) is 20.7 Å². The number of halogens is 1. The number of nitrogens with one attached hydrogen (secondary N) is 1. The molecule has 0 fully saturated rings. The highest BCUT2D eigenvalue weighted by atomic mass is 79.9. The van der Waals surface area contributed by atoms with E-state index in [0.29, 0.717) is 16.6 Å².